The van der Waals surface area contributed by atoms with Gasteiger partial charge in [0.1, 0.15) is 17.6 Å². The second-order valence-corrected chi connectivity index (χ2v) is 5.12. The number of aromatic nitrogens is 2. The van der Waals surface area contributed by atoms with Crippen LogP contribution in [0.2, 0.25) is 0 Å². The first-order valence-corrected chi connectivity index (χ1v) is 6.66. The van der Waals surface area contributed by atoms with Crippen molar-refractivity contribution >= 4 is 5.97 Å². The molecule has 2 heterocycles. The van der Waals surface area contributed by atoms with E-state index < -0.39 is 11.9 Å². The Labute approximate surface area is 115 Å². The summed E-state index contributed by atoms with van der Waals surface area (Å²) in [4.78, 5) is 15.7. The van der Waals surface area contributed by atoms with Crippen molar-refractivity contribution in [2.45, 2.75) is 31.7 Å². The van der Waals surface area contributed by atoms with Crippen LogP contribution < -0.4 is 0 Å². The number of carboxylic acid groups (broad SMARTS) is 1. The van der Waals surface area contributed by atoms with E-state index in [1.54, 1.807) is 12.1 Å². The van der Waals surface area contributed by atoms with Crippen molar-refractivity contribution < 1.29 is 14.3 Å². The summed E-state index contributed by atoms with van der Waals surface area (Å²) < 4.78 is 14.8. The lowest BCUT2D eigenvalue weighted by atomic mass is 9.99. The average Bonchev–Trinajstić information content (AvgIpc) is 2.83. The van der Waals surface area contributed by atoms with Crippen LogP contribution in [0.15, 0.2) is 30.5 Å². The molecule has 0 saturated carbocycles. The molecule has 0 aliphatic carbocycles. The van der Waals surface area contributed by atoms with Crippen molar-refractivity contribution in [3.8, 4) is 0 Å². The van der Waals surface area contributed by atoms with Crippen molar-refractivity contribution in [3.05, 3.63) is 53.4 Å². The Morgan fingerprint density at radius 2 is 2.15 bits per heavy atom. The molecule has 0 saturated heterocycles. The van der Waals surface area contributed by atoms with Crippen LogP contribution in [0.3, 0.4) is 0 Å². The maximum Gasteiger partial charge on any atom is 0.314 e. The van der Waals surface area contributed by atoms with Gasteiger partial charge in [-0.2, -0.15) is 0 Å². The Morgan fingerprint density at radius 3 is 2.85 bits per heavy atom. The topological polar surface area (TPSA) is 55.1 Å². The normalized spacial score (nSPS) is 17.8. The molecule has 5 heteroatoms. The molecule has 1 aromatic carbocycles. The quantitative estimate of drug-likeness (QED) is 0.936. The van der Waals surface area contributed by atoms with Crippen LogP contribution in [0.5, 0.6) is 0 Å². The maximum absolute atomic E-state index is 12.9. The molecule has 1 N–H and O–H groups in total. The standard InChI is InChI=1S/C15H15FN2O2/c16-11-5-3-10(4-6-11)8-12-9-18-7-1-2-13(15(19)20)14(18)17-12/h3-6,9,13H,1-2,7-8H2,(H,19,20). The molecule has 0 bridgehead atoms. The van der Waals surface area contributed by atoms with Gasteiger partial charge in [-0.25, -0.2) is 9.37 Å². The molecule has 3 rings (SSSR count). The van der Waals surface area contributed by atoms with Crippen molar-refractivity contribution in [2.75, 3.05) is 0 Å². The smallest absolute Gasteiger partial charge is 0.314 e. The number of imidazole rings is 1. The fourth-order valence-corrected chi connectivity index (χ4v) is 2.67. The van der Waals surface area contributed by atoms with Gasteiger partial charge in [-0.05, 0) is 30.5 Å². The van der Waals surface area contributed by atoms with E-state index >= 15 is 0 Å². The number of aryl methyl sites for hydroxylation is 1. The third kappa shape index (κ3) is 2.43. The fourth-order valence-electron chi connectivity index (χ4n) is 2.67. The number of rotatable bonds is 3. The largest absolute Gasteiger partial charge is 0.481 e. The molecule has 0 amide bonds. The molecule has 0 fully saturated rings. The van der Waals surface area contributed by atoms with Gasteiger partial charge in [0.15, 0.2) is 0 Å². The van der Waals surface area contributed by atoms with E-state index in [4.69, 9.17) is 0 Å². The summed E-state index contributed by atoms with van der Waals surface area (Å²) in [5.41, 5.74) is 1.80. The van der Waals surface area contributed by atoms with Crippen molar-refractivity contribution in [2.24, 2.45) is 0 Å². The van der Waals surface area contributed by atoms with Crippen LogP contribution in [-0.4, -0.2) is 20.6 Å². The number of hydrogen-bond acceptors (Lipinski definition) is 2. The number of hydrogen-bond donors (Lipinski definition) is 1. The van der Waals surface area contributed by atoms with E-state index in [-0.39, 0.29) is 5.82 Å². The van der Waals surface area contributed by atoms with Crippen LogP contribution >= 0.6 is 0 Å². The summed E-state index contributed by atoms with van der Waals surface area (Å²) in [6.07, 6.45) is 4.00. The monoisotopic (exact) mass is 274 g/mol. The van der Waals surface area contributed by atoms with Crippen molar-refractivity contribution in [1.29, 1.82) is 0 Å². The first kappa shape index (κ1) is 12.8. The predicted octanol–water partition coefficient (Wildman–Crippen LogP) is 2.58. The molecule has 1 aliphatic heterocycles. The number of fused-ring (bicyclic) bond motifs is 1. The van der Waals surface area contributed by atoms with Crippen molar-refractivity contribution in [1.82, 2.24) is 9.55 Å². The van der Waals surface area contributed by atoms with Gasteiger partial charge in [0.05, 0.1) is 5.69 Å². The van der Waals surface area contributed by atoms with Gasteiger partial charge in [0, 0.05) is 19.2 Å². The number of nitrogens with zero attached hydrogens (tertiary/aromatic N) is 2. The average molecular weight is 274 g/mol. The summed E-state index contributed by atoms with van der Waals surface area (Å²) in [6, 6.07) is 6.29. The number of carbonyl (C=O) groups is 1. The highest BCUT2D eigenvalue weighted by atomic mass is 19.1. The lowest BCUT2D eigenvalue weighted by Gasteiger charge is -2.19. The lowest BCUT2D eigenvalue weighted by Crippen LogP contribution is -2.21. The first-order chi connectivity index (χ1) is 9.63. The first-order valence-electron chi connectivity index (χ1n) is 6.66. The Bertz CT molecular complexity index is 634. The highest BCUT2D eigenvalue weighted by molar-refractivity contribution is 5.75. The zero-order valence-electron chi connectivity index (χ0n) is 10.9. The maximum atomic E-state index is 12.9. The molecule has 1 aliphatic rings. The predicted molar refractivity (Wildman–Crippen MR) is 71.0 cm³/mol. The van der Waals surface area contributed by atoms with Crippen LogP contribution in [0.1, 0.15) is 35.8 Å². The molecule has 1 aromatic heterocycles. The van der Waals surface area contributed by atoms with Crippen LogP contribution in [-0.2, 0) is 17.8 Å². The van der Waals surface area contributed by atoms with Gasteiger partial charge >= 0.3 is 5.97 Å². The third-order valence-electron chi connectivity index (χ3n) is 3.66. The minimum Gasteiger partial charge on any atom is -0.481 e. The Hall–Kier alpha value is -2.17. The SMILES string of the molecule is O=C(O)C1CCCn2cc(Cc3ccc(F)cc3)nc21. The number of carboxylic acids is 1. The lowest BCUT2D eigenvalue weighted by molar-refractivity contribution is -0.139. The van der Waals surface area contributed by atoms with Gasteiger partial charge in [-0.15, -0.1) is 0 Å². The second kappa shape index (κ2) is 5.07. The summed E-state index contributed by atoms with van der Waals surface area (Å²) >= 11 is 0. The van der Waals surface area contributed by atoms with Gasteiger partial charge in [-0.3, -0.25) is 4.79 Å². The molecule has 104 valence electrons. The highest BCUT2D eigenvalue weighted by Gasteiger charge is 2.28. The summed E-state index contributed by atoms with van der Waals surface area (Å²) in [5.74, 6) is -0.944. The summed E-state index contributed by atoms with van der Waals surface area (Å²) in [7, 11) is 0. The molecule has 4 nitrogen and oxygen atoms in total. The number of aliphatic carboxylic acids is 1. The minimum atomic E-state index is -0.815. The molecular formula is C15H15FN2O2. The summed E-state index contributed by atoms with van der Waals surface area (Å²) in [5, 5.41) is 9.22. The van der Waals surface area contributed by atoms with Gasteiger partial charge in [-0.1, -0.05) is 12.1 Å². The molecule has 1 unspecified atom stereocenters. The number of benzene rings is 1. The van der Waals surface area contributed by atoms with E-state index in [1.807, 2.05) is 10.8 Å². The van der Waals surface area contributed by atoms with Crippen LogP contribution in [0.25, 0.3) is 0 Å². The molecular weight excluding hydrogens is 259 g/mol. The zero-order chi connectivity index (χ0) is 14.1. The Kier molecular flexibility index (Phi) is 3.26. The third-order valence-corrected chi connectivity index (χ3v) is 3.66. The second-order valence-electron chi connectivity index (χ2n) is 5.12. The fraction of sp³-hybridized carbons (Fsp3) is 0.333. The molecule has 1 atom stereocenters. The molecule has 0 radical (unpaired) electrons. The van der Waals surface area contributed by atoms with E-state index in [9.17, 15) is 14.3 Å². The van der Waals surface area contributed by atoms with Gasteiger partial charge in [0.25, 0.3) is 0 Å². The van der Waals surface area contributed by atoms with E-state index in [0.29, 0.717) is 18.7 Å². The van der Waals surface area contributed by atoms with E-state index in [1.165, 1.54) is 12.1 Å². The molecule has 0 spiro atoms. The summed E-state index contributed by atoms with van der Waals surface area (Å²) in [6.45, 7) is 0.815. The van der Waals surface area contributed by atoms with Gasteiger partial charge in [0.2, 0.25) is 0 Å². The Balaban J connectivity index is 1.85. The van der Waals surface area contributed by atoms with E-state index in [2.05, 4.69) is 4.98 Å². The Morgan fingerprint density at radius 1 is 1.40 bits per heavy atom. The van der Waals surface area contributed by atoms with E-state index in [0.717, 1.165) is 24.2 Å². The zero-order valence-corrected chi connectivity index (χ0v) is 10.9. The van der Waals surface area contributed by atoms with Crippen LogP contribution in [0.4, 0.5) is 4.39 Å². The van der Waals surface area contributed by atoms with Crippen LogP contribution in [0, 0.1) is 5.82 Å². The molecule has 2 aromatic rings. The van der Waals surface area contributed by atoms with Crippen molar-refractivity contribution in [3.63, 3.8) is 0 Å². The number of halogens is 1. The van der Waals surface area contributed by atoms with Gasteiger partial charge < -0.3 is 9.67 Å². The highest BCUT2D eigenvalue weighted by Crippen LogP contribution is 2.27. The minimum absolute atomic E-state index is 0.260. The molecule has 20 heavy (non-hydrogen) atoms.